The van der Waals surface area contributed by atoms with E-state index in [0.717, 1.165) is 6.07 Å². The van der Waals surface area contributed by atoms with E-state index in [1.807, 2.05) is 13.8 Å². The standard InChI is InChI=1S/C13H20FNO3S/c1-10(2)18-8-4-7-15-19(16,17)12-5-6-13(14)11(3)9-12/h5-6,9-10,15H,4,7-8H2,1-3H3. The van der Waals surface area contributed by atoms with Crippen LogP contribution in [0.1, 0.15) is 25.8 Å². The summed E-state index contributed by atoms with van der Waals surface area (Å²) in [5.41, 5.74) is 0.311. The lowest BCUT2D eigenvalue weighted by atomic mass is 10.2. The molecule has 1 N–H and O–H groups in total. The fourth-order valence-electron chi connectivity index (χ4n) is 1.47. The molecule has 4 nitrogen and oxygen atoms in total. The summed E-state index contributed by atoms with van der Waals surface area (Å²) in [5.74, 6) is -0.413. The van der Waals surface area contributed by atoms with Gasteiger partial charge in [0.2, 0.25) is 10.0 Å². The Morgan fingerprint density at radius 2 is 2.05 bits per heavy atom. The Hall–Kier alpha value is -0.980. The van der Waals surface area contributed by atoms with E-state index in [-0.39, 0.29) is 11.0 Å². The molecule has 1 rings (SSSR count). The molecular formula is C13H20FNO3S. The molecule has 0 aromatic heterocycles. The highest BCUT2D eigenvalue weighted by Gasteiger charge is 2.14. The number of ether oxygens (including phenoxy) is 1. The van der Waals surface area contributed by atoms with Crippen LogP contribution in [0.3, 0.4) is 0 Å². The minimum Gasteiger partial charge on any atom is -0.379 e. The Balaban J connectivity index is 2.54. The van der Waals surface area contributed by atoms with Crippen LogP contribution in [-0.2, 0) is 14.8 Å². The van der Waals surface area contributed by atoms with Crippen molar-refractivity contribution in [3.05, 3.63) is 29.6 Å². The Labute approximate surface area is 114 Å². The first-order chi connectivity index (χ1) is 8.83. The van der Waals surface area contributed by atoms with Crippen LogP contribution in [0.2, 0.25) is 0 Å². The molecule has 0 aliphatic carbocycles. The number of hydrogen-bond acceptors (Lipinski definition) is 3. The molecule has 0 amide bonds. The van der Waals surface area contributed by atoms with Gasteiger partial charge >= 0.3 is 0 Å². The zero-order valence-corrected chi connectivity index (χ0v) is 12.3. The summed E-state index contributed by atoms with van der Waals surface area (Å²) in [6.45, 7) is 6.18. The lowest BCUT2D eigenvalue weighted by molar-refractivity contribution is 0.0778. The quantitative estimate of drug-likeness (QED) is 0.783. The third kappa shape index (κ3) is 5.26. The van der Waals surface area contributed by atoms with Crippen LogP contribution in [0.15, 0.2) is 23.1 Å². The topological polar surface area (TPSA) is 55.4 Å². The number of benzene rings is 1. The first-order valence-electron chi connectivity index (χ1n) is 6.20. The van der Waals surface area contributed by atoms with E-state index < -0.39 is 15.8 Å². The Morgan fingerprint density at radius 1 is 1.37 bits per heavy atom. The molecule has 0 unspecified atom stereocenters. The van der Waals surface area contributed by atoms with Crippen molar-refractivity contribution in [1.82, 2.24) is 4.72 Å². The van der Waals surface area contributed by atoms with Crippen molar-refractivity contribution >= 4 is 10.0 Å². The predicted octanol–water partition coefficient (Wildman–Crippen LogP) is 2.23. The molecule has 1 aromatic carbocycles. The van der Waals surface area contributed by atoms with Crippen LogP contribution in [0.4, 0.5) is 4.39 Å². The van der Waals surface area contributed by atoms with Gasteiger partial charge in [-0.2, -0.15) is 0 Å². The third-order valence-electron chi connectivity index (χ3n) is 2.50. The molecule has 6 heteroatoms. The fraction of sp³-hybridized carbons (Fsp3) is 0.538. The fourth-order valence-corrected chi connectivity index (χ4v) is 2.62. The van der Waals surface area contributed by atoms with Gasteiger partial charge in [0.15, 0.2) is 0 Å². The van der Waals surface area contributed by atoms with Gasteiger partial charge in [-0.1, -0.05) is 0 Å². The average Bonchev–Trinajstić information content (AvgIpc) is 2.31. The summed E-state index contributed by atoms with van der Waals surface area (Å²) in [4.78, 5) is 0.0798. The number of aryl methyl sites for hydroxylation is 1. The SMILES string of the molecule is Cc1cc(S(=O)(=O)NCCCOC(C)C)ccc1F. The van der Waals surface area contributed by atoms with Crippen LogP contribution in [-0.4, -0.2) is 27.7 Å². The molecule has 1 aromatic rings. The Bertz CT molecular complexity index is 515. The summed E-state index contributed by atoms with van der Waals surface area (Å²) in [6.07, 6.45) is 0.730. The molecule has 19 heavy (non-hydrogen) atoms. The molecule has 0 bridgehead atoms. The van der Waals surface area contributed by atoms with Crippen molar-refractivity contribution in [3.8, 4) is 0 Å². The maximum atomic E-state index is 13.1. The van der Waals surface area contributed by atoms with E-state index in [1.54, 1.807) is 0 Å². The molecule has 0 saturated carbocycles. The van der Waals surface area contributed by atoms with Gasteiger partial charge in [-0.25, -0.2) is 17.5 Å². The second-order valence-corrected chi connectivity index (χ2v) is 6.35. The van der Waals surface area contributed by atoms with E-state index in [1.165, 1.54) is 19.1 Å². The van der Waals surface area contributed by atoms with Crippen molar-refractivity contribution in [2.45, 2.75) is 38.2 Å². The molecule has 0 radical (unpaired) electrons. The minimum absolute atomic E-state index is 0.0798. The van der Waals surface area contributed by atoms with Crippen LogP contribution >= 0.6 is 0 Å². The molecule has 0 atom stereocenters. The monoisotopic (exact) mass is 289 g/mol. The summed E-state index contributed by atoms with van der Waals surface area (Å²) in [6, 6.07) is 3.74. The molecule has 0 spiro atoms. The third-order valence-corrected chi connectivity index (χ3v) is 3.96. The number of rotatable bonds is 7. The van der Waals surface area contributed by atoms with Gasteiger partial charge < -0.3 is 4.74 Å². The lowest BCUT2D eigenvalue weighted by Gasteiger charge is -2.09. The highest BCUT2D eigenvalue weighted by Crippen LogP contribution is 2.13. The Kier molecular flexibility index (Phi) is 5.90. The summed E-state index contributed by atoms with van der Waals surface area (Å²) >= 11 is 0. The smallest absolute Gasteiger partial charge is 0.240 e. The average molecular weight is 289 g/mol. The van der Waals surface area contributed by atoms with Crippen molar-refractivity contribution in [3.63, 3.8) is 0 Å². The van der Waals surface area contributed by atoms with Crippen molar-refractivity contribution in [1.29, 1.82) is 0 Å². The van der Waals surface area contributed by atoms with E-state index >= 15 is 0 Å². The van der Waals surface area contributed by atoms with Gasteiger partial charge in [0.1, 0.15) is 5.82 Å². The lowest BCUT2D eigenvalue weighted by Crippen LogP contribution is -2.26. The molecule has 108 valence electrons. The maximum absolute atomic E-state index is 13.1. The van der Waals surface area contributed by atoms with E-state index in [9.17, 15) is 12.8 Å². The largest absolute Gasteiger partial charge is 0.379 e. The molecular weight excluding hydrogens is 269 g/mol. The summed E-state index contributed by atoms with van der Waals surface area (Å²) < 4.78 is 44.7. The Morgan fingerprint density at radius 3 is 2.63 bits per heavy atom. The zero-order chi connectivity index (χ0) is 14.5. The van der Waals surface area contributed by atoms with Gasteiger partial charge in [-0.3, -0.25) is 0 Å². The highest BCUT2D eigenvalue weighted by atomic mass is 32.2. The first-order valence-corrected chi connectivity index (χ1v) is 7.68. The number of sulfonamides is 1. The van der Waals surface area contributed by atoms with Crippen molar-refractivity contribution in [2.75, 3.05) is 13.2 Å². The zero-order valence-electron chi connectivity index (χ0n) is 11.4. The van der Waals surface area contributed by atoms with Gasteiger partial charge in [0, 0.05) is 13.2 Å². The van der Waals surface area contributed by atoms with E-state index in [0.29, 0.717) is 25.1 Å². The highest BCUT2D eigenvalue weighted by molar-refractivity contribution is 7.89. The number of nitrogens with one attached hydrogen (secondary N) is 1. The van der Waals surface area contributed by atoms with Crippen molar-refractivity contribution < 1.29 is 17.5 Å². The van der Waals surface area contributed by atoms with Gasteiger partial charge in [-0.15, -0.1) is 0 Å². The van der Waals surface area contributed by atoms with Crippen LogP contribution in [0.5, 0.6) is 0 Å². The van der Waals surface area contributed by atoms with Gasteiger partial charge in [-0.05, 0) is 51.0 Å². The van der Waals surface area contributed by atoms with Crippen LogP contribution in [0.25, 0.3) is 0 Å². The molecule has 0 saturated heterocycles. The van der Waals surface area contributed by atoms with Gasteiger partial charge in [0.25, 0.3) is 0 Å². The summed E-state index contributed by atoms with van der Waals surface area (Å²) in [5, 5.41) is 0. The molecule has 0 heterocycles. The second kappa shape index (κ2) is 6.98. The summed E-state index contributed by atoms with van der Waals surface area (Å²) in [7, 11) is -3.57. The number of hydrogen-bond donors (Lipinski definition) is 1. The van der Waals surface area contributed by atoms with Gasteiger partial charge in [0.05, 0.1) is 11.0 Å². The molecule has 0 aliphatic heterocycles. The molecule has 0 aliphatic rings. The van der Waals surface area contributed by atoms with E-state index in [2.05, 4.69) is 4.72 Å². The minimum atomic E-state index is -3.57. The predicted molar refractivity (Wildman–Crippen MR) is 72.0 cm³/mol. The number of halogens is 1. The molecule has 0 fully saturated rings. The second-order valence-electron chi connectivity index (χ2n) is 4.58. The maximum Gasteiger partial charge on any atom is 0.240 e. The van der Waals surface area contributed by atoms with Crippen LogP contribution in [0, 0.1) is 12.7 Å². The van der Waals surface area contributed by atoms with Crippen LogP contribution < -0.4 is 4.72 Å². The first kappa shape index (κ1) is 16.1. The van der Waals surface area contributed by atoms with E-state index in [4.69, 9.17) is 4.74 Å². The normalized spacial score (nSPS) is 12.1. The van der Waals surface area contributed by atoms with Crippen molar-refractivity contribution in [2.24, 2.45) is 0 Å².